The van der Waals surface area contributed by atoms with Gasteiger partial charge < -0.3 is 15.2 Å². The van der Waals surface area contributed by atoms with Crippen LogP contribution in [0.3, 0.4) is 0 Å². The van der Waals surface area contributed by atoms with Gasteiger partial charge in [0.25, 0.3) is 0 Å². The van der Waals surface area contributed by atoms with Crippen LogP contribution in [0, 0.1) is 0 Å². The summed E-state index contributed by atoms with van der Waals surface area (Å²) in [6, 6.07) is 2.99. The van der Waals surface area contributed by atoms with Crippen molar-refractivity contribution < 1.29 is 17.9 Å². The van der Waals surface area contributed by atoms with Gasteiger partial charge in [0.1, 0.15) is 18.1 Å². The van der Waals surface area contributed by atoms with Crippen LogP contribution in [-0.2, 0) is 9.84 Å². The van der Waals surface area contributed by atoms with Gasteiger partial charge in [0.15, 0.2) is 21.3 Å². The van der Waals surface area contributed by atoms with E-state index >= 15 is 0 Å². The van der Waals surface area contributed by atoms with Crippen LogP contribution >= 0.6 is 0 Å². The highest BCUT2D eigenvalue weighted by Gasteiger charge is 2.27. The lowest BCUT2D eigenvalue weighted by Crippen LogP contribution is -2.20. The molecule has 0 saturated heterocycles. The Kier molecular flexibility index (Phi) is 3.01. The Morgan fingerprint density at radius 2 is 1.94 bits per heavy atom. The first-order valence-corrected chi connectivity index (χ1v) is 7.18. The van der Waals surface area contributed by atoms with Gasteiger partial charge in [-0.05, 0) is 18.6 Å². The minimum atomic E-state index is -3.40. The molecule has 0 amide bonds. The minimum Gasteiger partial charge on any atom is -0.486 e. The van der Waals surface area contributed by atoms with E-state index in [4.69, 9.17) is 15.2 Å². The second-order valence-electron chi connectivity index (χ2n) is 4.07. The van der Waals surface area contributed by atoms with Crippen molar-refractivity contribution in [1.82, 2.24) is 0 Å². The summed E-state index contributed by atoms with van der Waals surface area (Å²) >= 11 is 0. The monoisotopic (exact) mass is 257 g/mol. The smallest absolute Gasteiger partial charge is 0.180 e. The van der Waals surface area contributed by atoms with Crippen LogP contribution in [0.25, 0.3) is 0 Å². The molecule has 94 valence electrons. The van der Waals surface area contributed by atoms with Gasteiger partial charge in [-0.25, -0.2) is 8.42 Å². The van der Waals surface area contributed by atoms with Crippen molar-refractivity contribution in [3.63, 3.8) is 0 Å². The van der Waals surface area contributed by atoms with E-state index in [2.05, 4.69) is 0 Å². The van der Waals surface area contributed by atoms with E-state index in [1.54, 1.807) is 19.1 Å². The van der Waals surface area contributed by atoms with Crippen LogP contribution in [0.1, 0.15) is 18.5 Å². The maximum atomic E-state index is 11.8. The molecule has 1 atom stereocenters. The number of benzene rings is 1. The number of rotatable bonds is 2. The molecular weight excluding hydrogens is 242 g/mol. The predicted molar refractivity (Wildman–Crippen MR) is 63.1 cm³/mol. The Morgan fingerprint density at radius 3 is 2.53 bits per heavy atom. The topological polar surface area (TPSA) is 78.6 Å². The molecule has 2 N–H and O–H groups in total. The summed E-state index contributed by atoms with van der Waals surface area (Å²) in [5.74, 6) is 0.745. The van der Waals surface area contributed by atoms with Crippen molar-refractivity contribution in [2.75, 3.05) is 19.5 Å². The molecule has 1 unspecified atom stereocenters. The molecule has 1 aliphatic rings. The van der Waals surface area contributed by atoms with Crippen LogP contribution in [0.2, 0.25) is 0 Å². The van der Waals surface area contributed by atoms with Crippen LogP contribution in [0.5, 0.6) is 11.5 Å². The van der Waals surface area contributed by atoms with Crippen molar-refractivity contribution >= 4 is 9.84 Å². The summed E-state index contributed by atoms with van der Waals surface area (Å²) in [6.07, 6.45) is 1.15. The molecule has 1 aliphatic heterocycles. The summed E-state index contributed by atoms with van der Waals surface area (Å²) in [5, 5.41) is 0. The third-order valence-electron chi connectivity index (χ3n) is 2.56. The zero-order valence-corrected chi connectivity index (χ0v) is 10.6. The van der Waals surface area contributed by atoms with E-state index in [9.17, 15) is 8.42 Å². The standard InChI is InChI=1S/C11H15NO4S/c1-7(12)8-3-4-9-10(16-6-5-15-9)11(8)17(2,13)14/h3-4,7H,5-6,12H2,1-2H3. The van der Waals surface area contributed by atoms with Gasteiger partial charge in [0.2, 0.25) is 0 Å². The van der Waals surface area contributed by atoms with Crippen molar-refractivity contribution in [3.05, 3.63) is 17.7 Å². The number of hydrogen-bond donors (Lipinski definition) is 1. The molecule has 1 aromatic carbocycles. The van der Waals surface area contributed by atoms with Gasteiger partial charge in [0.05, 0.1) is 0 Å². The summed E-state index contributed by atoms with van der Waals surface area (Å²) in [4.78, 5) is 0.143. The number of fused-ring (bicyclic) bond motifs is 1. The fraction of sp³-hybridized carbons (Fsp3) is 0.455. The van der Waals surface area contributed by atoms with E-state index in [0.717, 1.165) is 6.26 Å². The molecule has 0 spiro atoms. The highest BCUT2D eigenvalue weighted by Crippen LogP contribution is 2.40. The van der Waals surface area contributed by atoms with Gasteiger partial charge in [0, 0.05) is 12.3 Å². The molecule has 6 heteroatoms. The van der Waals surface area contributed by atoms with Crippen LogP contribution in [0.15, 0.2) is 17.0 Å². The van der Waals surface area contributed by atoms with E-state index in [1.165, 1.54) is 0 Å². The molecule has 0 saturated carbocycles. The van der Waals surface area contributed by atoms with E-state index in [0.29, 0.717) is 24.5 Å². The highest BCUT2D eigenvalue weighted by molar-refractivity contribution is 7.90. The van der Waals surface area contributed by atoms with Gasteiger partial charge in [-0.1, -0.05) is 6.07 Å². The molecule has 0 aromatic heterocycles. The quantitative estimate of drug-likeness (QED) is 0.851. The molecular formula is C11H15NO4S. The largest absolute Gasteiger partial charge is 0.486 e. The molecule has 0 bridgehead atoms. The molecule has 17 heavy (non-hydrogen) atoms. The third kappa shape index (κ3) is 2.23. The van der Waals surface area contributed by atoms with Crippen molar-refractivity contribution in [2.24, 2.45) is 5.73 Å². The highest BCUT2D eigenvalue weighted by atomic mass is 32.2. The fourth-order valence-electron chi connectivity index (χ4n) is 1.85. The summed E-state index contributed by atoms with van der Waals surface area (Å²) in [5.41, 5.74) is 6.34. The van der Waals surface area contributed by atoms with E-state index in [-0.39, 0.29) is 16.7 Å². The normalized spacial score (nSPS) is 16.6. The lowest BCUT2D eigenvalue weighted by Gasteiger charge is -2.23. The molecule has 0 aliphatic carbocycles. The van der Waals surface area contributed by atoms with Crippen molar-refractivity contribution in [2.45, 2.75) is 17.9 Å². The maximum Gasteiger partial charge on any atom is 0.180 e. The van der Waals surface area contributed by atoms with Gasteiger partial charge in [-0.3, -0.25) is 0 Å². The SMILES string of the molecule is CC(N)c1ccc2c(c1S(C)(=O)=O)OCCO2. The lowest BCUT2D eigenvalue weighted by atomic mass is 10.1. The summed E-state index contributed by atoms with van der Waals surface area (Å²) in [6.45, 7) is 2.51. The van der Waals surface area contributed by atoms with E-state index < -0.39 is 9.84 Å². The van der Waals surface area contributed by atoms with Crippen molar-refractivity contribution in [1.29, 1.82) is 0 Å². The Balaban J connectivity index is 2.73. The summed E-state index contributed by atoms with van der Waals surface area (Å²) in [7, 11) is -3.40. The predicted octanol–water partition coefficient (Wildman–Crippen LogP) is 0.881. The minimum absolute atomic E-state index is 0.143. The average Bonchev–Trinajstić information content (AvgIpc) is 2.26. The first-order valence-electron chi connectivity index (χ1n) is 5.29. The third-order valence-corrected chi connectivity index (χ3v) is 3.72. The van der Waals surface area contributed by atoms with Gasteiger partial charge >= 0.3 is 0 Å². The lowest BCUT2D eigenvalue weighted by molar-refractivity contribution is 0.166. The molecule has 1 heterocycles. The van der Waals surface area contributed by atoms with Crippen molar-refractivity contribution in [3.8, 4) is 11.5 Å². The Labute approximate surface area is 100 Å². The number of hydrogen-bond acceptors (Lipinski definition) is 5. The Bertz CT molecular complexity index is 537. The molecule has 0 radical (unpaired) electrons. The first-order chi connectivity index (χ1) is 7.91. The zero-order chi connectivity index (χ0) is 12.6. The molecule has 5 nitrogen and oxygen atoms in total. The van der Waals surface area contributed by atoms with Gasteiger partial charge in [-0.2, -0.15) is 0 Å². The Hall–Kier alpha value is -1.27. The second-order valence-corrected chi connectivity index (χ2v) is 6.02. The second kappa shape index (κ2) is 4.19. The number of ether oxygens (including phenoxy) is 2. The first kappa shape index (κ1) is 12.2. The fourth-order valence-corrected chi connectivity index (χ4v) is 3.02. The van der Waals surface area contributed by atoms with Gasteiger partial charge in [-0.15, -0.1) is 0 Å². The average molecular weight is 257 g/mol. The van der Waals surface area contributed by atoms with Crippen LogP contribution < -0.4 is 15.2 Å². The van der Waals surface area contributed by atoms with Crippen LogP contribution in [0.4, 0.5) is 0 Å². The molecule has 0 fully saturated rings. The number of nitrogens with two attached hydrogens (primary N) is 1. The molecule has 2 rings (SSSR count). The van der Waals surface area contributed by atoms with Crippen LogP contribution in [-0.4, -0.2) is 27.9 Å². The van der Waals surface area contributed by atoms with E-state index in [1.807, 2.05) is 0 Å². The maximum absolute atomic E-state index is 11.8. The molecule has 1 aromatic rings. The zero-order valence-electron chi connectivity index (χ0n) is 9.76. The number of sulfone groups is 1. The summed E-state index contributed by atoms with van der Waals surface area (Å²) < 4.78 is 34.5. The Morgan fingerprint density at radius 1 is 1.29 bits per heavy atom.